The second-order valence-corrected chi connectivity index (χ2v) is 7.42. The van der Waals surface area contributed by atoms with Crippen LogP contribution in [0.5, 0.6) is 0 Å². The minimum Gasteiger partial charge on any atom is -0.480 e. The van der Waals surface area contributed by atoms with Crippen LogP contribution in [0.2, 0.25) is 0 Å². The Balaban J connectivity index is 2.06. The zero-order valence-electron chi connectivity index (χ0n) is 13.5. The first-order valence-corrected chi connectivity index (χ1v) is 9.76. The standard InChI is InChI=1S/C18H21NO3S2/c1-2-3-9-15(18(21)22)19-17(20)14-8-4-5-10-16(14)24-12-13-7-6-11-23-13/h4-8,10-11,15H,2-3,9,12H2,1H3,(H,19,20)(H,21,22)/t15-/m0/s1. The number of thiophene rings is 1. The number of thioether (sulfide) groups is 1. The third-order valence-corrected chi connectivity index (χ3v) is 5.71. The maximum Gasteiger partial charge on any atom is 0.326 e. The fourth-order valence-corrected chi connectivity index (χ4v) is 4.05. The molecule has 4 nitrogen and oxygen atoms in total. The predicted molar refractivity (Wildman–Crippen MR) is 98.7 cm³/mol. The summed E-state index contributed by atoms with van der Waals surface area (Å²) in [5.74, 6) is -0.520. The molecule has 0 bridgehead atoms. The quantitative estimate of drug-likeness (QED) is 0.648. The van der Waals surface area contributed by atoms with Gasteiger partial charge in [0.1, 0.15) is 6.04 Å². The van der Waals surface area contributed by atoms with Crippen molar-refractivity contribution in [3.63, 3.8) is 0 Å². The Hall–Kier alpha value is -1.79. The molecule has 1 amide bonds. The molecule has 0 unspecified atom stereocenters. The van der Waals surface area contributed by atoms with Crippen LogP contribution >= 0.6 is 23.1 Å². The number of benzene rings is 1. The summed E-state index contributed by atoms with van der Waals surface area (Å²) in [5, 5.41) is 14.0. The minimum atomic E-state index is -0.986. The molecule has 128 valence electrons. The van der Waals surface area contributed by atoms with Gasteiger partial charge < -0.3 is 10.4 Å². The monoisotopic (exact) mass is 363 g/mol. The Bertz CT molecular complexity index is 671. The highest BCUT2D eigenvalue weighted by Crippen LogP contribution is 2.28. The first kappa shape index (κ1) is 18.5. The average Bonchev–Trinajstić information content (AvgIpc) is 3.10. The van der Waals surface area contributed by atoms with E-state index in [1.807, 2.05) is 30.5 Å². The minimum absolute atomic E-state index is 0.326. The van der Waals surface area contributed by atoms with Gasteiger partial charge in [0.25, 0.3) is 5.91 Å². The van der Waals surface area contributed by atoms with Crippen molar-refractivity contribution in [2.75, 3.05) is 0 Å². The van der Waals surface area contributed by atoms with Crippen molar-refractivity contribution < 1.29 is 14.7 Å². The van der Waals surface area contributed by atoms with Crippen molar-refractivity contribution in [1.29, 1.82) is 0 Å². The van der Waals surface area contributed by atoms with Crippen LogP contribution in [0.3, 0.4) is 0 Å². The Morgan fingerprint density at radius 1 is 1.25 bits per heavy atom. The molecule has 1 aromatic carbocycles. The zero-order valence-corrected chi connectivity index (χ0v) is 15.2. The molecule has 1 atom stereocenters. The lowest BCUT2D eigenvalue weighted by molar-refractivity contribution is -0.139. The third kappa shape index (κ3) is 5.39. The number of nitrogens with one attached hydrogen (secondary N) is 1. The molecule has 0 radical (unpaired) electrons. The molecule has 0 spiro atoms. The lowest BCUT2D eigenvalue weighted by Crippen LogP contribution is -2.40. The normalized spacial score (nSPS) is 11.9. The van der Waals surface area contributed by atoms with Crippen LogP contribution in [0.1, 0.15) is 41.4 Å². The maximum absolute atomic E-state index is 12.5. The number of aliphatic carboxylic acids is 1. The van der Waals surface area contributed by atoms with E-state index in [0.29, 0.717) is 12.0 Å². The number of carbonyl (C=O) groups is 2. The number of carbonyl (C=O) groups excluding carboxylic acids is 1. The molecule has 0 aliphatic heterocycles. The van der Waals surface area contributed by atoms with Crippen LogP contribution in [-0.4, -0.2) is 23.0 Å². The molecule has 1 aromatic heterocycles. The van der Waals surface area contributed by atoms with Crippen molar-refractivity contribution in [3.05, 3.63) is 52.2 Å². The molecule has 2 rings (SSSR count). The van der Waals surface area contributed by atoms with Gasteiger partial charge in [-0.1, -0.05) is 38.0 Å². The molecular formula is C18H21NO3S2. The lowest BCUT2D eigenvalue weighted by atomic mass is 10.1. The van der Waals surface area contributed by atoms with Gasteiger partial charge in [-0.3, -0.25) is 4.79 Å². The molecule has 6 heteroatoms. The molecule has 2 aromatic rings. The van der Waals surface area contributed by atoms with Gasteiger partial charge in [-0.25, -0.2) is 4.79 Å². The zero-order chi connectivity index (χ0) is 17.4. The highest BCUT2D eigenvalue weighted by atomic mass is 32.2. The van der Waals surface area contributed by atoms with Crippen molar-refractivity contribution in [1.82, 2.24) is 5.32 Å². The van der Waals surface area contributed by atoms with Gasteiger partial charge in [-0.2, -0.15) is 0 Å². The van der Waals surface area contributed by atoms with Crippen molar-refractivity contribution in [2.45, 2.75) is 42.9 Å². The van der Waals surface area contributed by atoms with Crippen LogP contribution in [0.25, 0.3) is 0 Å². The summed E-state index contributed by atoms with van der Waals surface area (Å²) in [6.07, 6.45) is 2.11. The Labute approximate surface area is 150 Å². The van der Waals surface area contributed by atoms with Crippen molar-refractivity contribution >= 4 is 35.0 Å². The van der Waals surface area contributed by atoms with Crippen molar-refractivity contribution in [3.8, 4) is 0 Å². The predicted octanol–water partition coefficient (Wildman–Crippen LogP) is 4.41. The molecule has 24 heavy (non-hydrogen) atoms. The van der Waals surface area contributed by atoms with E-state index in [0.717, 1.165) is 23.5 Å². The maximum atomic E-state index is 12.5. The molecule has 1 heterocycles. The number of carboxylic acids is 1. The number of amides is 1. The Kier molecular flexibility index (Phi) is 7.34. The molecule has 2 N–H and O–H groups in total. The summed E-state index contributed by atoms with van der Waals surface area (Å²) in [4.78, 5) is 25.9. The van der Waals surface area contributed by atoms with Gasteiger partial charge in [0.05, 0.1) is 5.56 Å². The van der Waals surface area contributed by atoms with Gasteiger partial charge in [0.2, 0.25) is 0 Å². The SMILES string of the molecule is CCCC[C@H](NC(=O)c1ccccc1SCc1cccs1)C(=O)O. The fraction of sp³-hybridized carbons (Fsp3) is 0.333. The lowest BCUT2D eigenvalue weighted by Gasteiger charge is -2.15. The summed E-state index contributed by atoms with van der Waals surface area (Å²) in [6.45, 7) is 2.00. The number of carboxylic acid groups (broad SMARTS) is 1. The molecule has 0 saturated carbocycles. The van der Waals surface area contributed by atoms with Crippen LogP contribution in [0.4, 0.5) is 0 Å². The highest BCUT2D eigenvalue weighted by molar-refractivity contribution is 7.98. The summed E-state index contributed by atoms with van der Waals surface area (Å²) in [5.41, 5.74) is 0.529. The van der Waals surface area contributed by atoms with Gasteiger partial charge in [-0.15, -0.1) is 23.1 Å². The van der Waals surface area contributed by atoms with Crippen LogP contribution in [0, 0.1) is 0 Å². The Morgan fingerprint density at radius 2 is 2.04 bits per heavy atom. The van der Waals surface area contributed by atoms with Gasteiger partial charge in [-0.05, 0) is 30.0 Å². The van der Waals surface area contributed by atoms with Gasteiger partial charge >= 0.3 is 5.97 Å². The van der Waals surface area contributed by atoms with Gasteiger partial charge in [0, 0.05) is 15.5 Å². The smallest absolute Gasteiger partial charge is 0.326 e. The van der Waals surface area contributed by atoms with Crippen LogP contribution in [0.15, 0.2) is 46.7 Å². The first-order valence-electron chi connectivity index (χ1n) is 7.89. The molecule has 0 fully saturated rings. The van der Waals surface area contributed by atoms with E-state index >= 15 is 0 Å². The molecule has 0 aliphatic rings. The Morgan fingerprint density at radius 3 is 2.71 bits per heavy atom. The molecule has 0 aliphatic carbocycles. The summed E-state index contributed by atoms with van der Waals surface area (Å²) in [7, 11) is 0. The summed E-state index contributed by atoms with van der Waals surface area (Å²) < 4.78 is 0. The number of rotatable bonds is 9. The average molecular weight is 364 g/mol. The fourth-order valence-electron chi connectivity index (χ4n) is 2.23. The van der Waals surface area contributed by atoms with E-state index in [1.54, 1.807) is 35.2 Å². The first-order chi connectivity index (χ1) is 11.6. The van der Waals surface area contributed by atoms with E-state index in [9.17, 15) is 14.7 Å². The largest absolute Gasteiger partial charge is 0.480 e. The number of hydrogen-bond acceptors (Lipinski definition) is 4. The van der Waals surface area contributed by atoms with E-state index < -0.39 is 12.0 Å². The second kappa shape index (κ2) is 9.49. The van der Waals surface area contributed by atoms with E-state index in [4.69, 9.17) is 0 Å². The van der Waals surface area contributed by atoms with Gasteiger partial charge in [0.15, 0.2) is 0 Å². The number of unbranched alkanes of at least 4 members (excludes halogenated alkanes) is 1. The summed E-state index contributed by atoms with van der Waals surface area (Å²) in [6, 6.07) is 10.5. The van der Waals surface area contributed by atoms with Crippen LogP contribution < -0.4 is 5.32 Å². The molecule has 0 saturated heterocycles. The topological polar surface area (TPSA) is 66.4 Å². The van der Waals surface area contributed by atoms with E-state index in [-0.39, 0.29) is 5.91 Å². The second-order valence-electron chi connectivity index (χ2n) is 5.37. The number of hydrogen-bond donors (Lipinski definition) is 2. The summed E-state index contributed by atoms with van der Waals surface area (Å²) >= 11 is 3.27. The molecular weight excluding hydrogens is 342 g/mol. The van der Waals surface area contributed by atoms with E-state index in [1.165, 1.54) is 4.88 Å². The third-order valence-electron chi connectivity index (χ3n) is 3.53. The van der Waals surface area contributed by atoms with Crippen molar-refractivity contribution in [2.24, 2.45) is 0 Å². The highest BCUT2D eigenvalue weighted by Gasteiger charge is 2.21. The van der Waals surface area contributed by atoms with E-state index in [2.05, 4.69) is 11.4 Å². The van der Waals surface area contributed by atoms with Crippen LogP contribution in [-0.2, 0) is 10.5 Å².